The molecule has 2 fully saturated rings. The summed E-state index contributed by atoms with van der Waals surface area (Å²) in [6, 6.07) is 9.46. The summed E-state index contributed by atoms with van der Waals surface area (Å²) in [5.41, 5.74) is 1.17. The van der Waals surface area contributed by atoms with E-state index in [2.05, 4.69) is 26.1 Å². The number of anilines is 1. The van der Waals surface area contributed by atoms with E-state index in [0.717, 1.165) is 18.5 Å². The van der Waals surface area contributed by atoms with Crippen LogP contribution in [0.4, 0.5) is 10.5 Å². The Hall–Kier alpha value is -1.51. The molecule has 3 heteroatoms. The Morgan fingerprint density at radius 3 is 2.50 bits per heavy atom. The first kappa shape index (κ1) is 13.5. The molecule has 1 aromatic carbocycles. The van der Waals surface area contributed by atoms with Crippen LogP contribution in [0.1, 0.15) is 40.0 Å². The molecule has 1 N–H and O–H groups in total. The smallest absolute Gasteiger partial charge is 0.411 e. The third kappa shape index (κ3) is 1.91. The first-order valence-corrected chi connectivity index (χ1v) is 7.46. The van der Waals surface area contributed by atoms with Crippen molar-refractivity contribution in [3.63, 3.8) is 0 Å². The minimum atomic E-state index is -0.328. The zero-order chi connectivity index (χ0) is 14.4. The fourth-order valence-corrected chi connectivity index (χ4v) is 4.11. The molecule has 0 aromatic heterocycles. The fourth-order valence-electron chi connectivity index (χ4n) is 4.11. The molecular formula is C17H23NO2. The highest BCUT2D eigenvalue weighted by Gasteiger charge is 2.62. The normalized spacial score (nSPS) is 34.0. The molecule has 3 nitrogen and oxygen atoms in total. The van der Waals surface area contributed by atoms with Crippen molar-refractivity contribution in [2.24, 2.45) is 16.7 Å². The monoisotopic (exact) mass is 273 g/mol. The summed E-state index contributed by atoms with van der Waals surface area (Å²) in [4.78, 5) is 12.1. The van der Waals surface area contributed by atoms with Crippen LogP contribution in [0.2, 0.25) is 0 Å². The van der Waals surface area contributed by atoms with E-state index in [0.29, 0.717) is 5.92 Å². The third-order valence-corrected chi connectivity index (χ3v) is 5.98. The Labute approximate surface area is 120 Å². The topological polar surface area (TPSA) is 38.3 Å². The van der Waals surface area contributed by atoms with E-state index < -0.39 is 0 Å². The van der Waals surface area contributed by atoms with Gasteiger partial charge in [0.1, 0.15) is 6.10 Å². The van der Waals surface area contributed by atoms with Gasteiger partial charge in [-0.2, -0.15) is 0 Å². The maximum atomic E-state index is 12.1. The number of nitrogens with one attached hydrogen (secondary N) is 1. The first-order chi connectivity index (χ1) is 9.43. The van der Waals surface area contributed by atoms with Gasteiger partial charge in [-0.3, -0.25) is 5.32 Å². The van der Waals surface area contributed by atoms with Crippen LogP contribution in [-0.2, 0) is 4.74 Å². The van der Waals surface area contributed by atoms with Crippen molar-refractivity contribution >= 4 is 11.8 Å². The van der Waals surface area contributed by atoms with Crippen molar-refractivity contribution in [3.8, 4) is 0 Å². The van der Waals surface area contributed by atoms with Crippen LogP contribution in [0, 0.1) is 16.7 Å². The highest BCUT2D eigenvalue weighted by atomic mass is 16.6. The molecule has 2 aliphatic carbocycles. The molecule has 0 heterocycles. The summed E-state index contributed by atoms with van der Waals surface area (Å²) in [7, 11) is 0. The number of benzene rings is 1. The van der Waals surface area contributed by atoms with Crippen molar-refractivity contribution in [1.29, 1.82) is 0 Å². The molecule has 20 heavy (non-hydrogen) atoms. The van der Waals surface area contributed by atoms with Crippen LogP contribution in [0.15, 0.2) is 30.3 Å². The molecule has 2 bridgehead atoms. The summed E-state index contributed by atoms with van der Waals surface area (Å²) in [5.74, 6) is 0.682. The van der Waals surface area contributed by atoms with Gasteiger partial charge < -0.3 is 4.74 Å². The summed E-state index contributed by atoms with van der Waals surface area (Å²) in [6.07, 6.45) is 3.15. The van der Waals surface area contributed by atoms with E-state index in [4.69, 9.17) is 4.74 Å². The van der Waals surface area contributed by atoms with Crippen LogP contribution in [0.5, 0.6) is 0 Å². The Kier molecular flexibility index (Phi) is 3.03. The number of fused-ring (bicyclic) bond motifs is 2. The number of hydrogen-bond donors (Lipinski definition) is 1. The van der Waals surface area contributed by atoms with Crippen molar-refractivity contribution in [3.05, 3.63) is 30.3 Å². The predicted octanol–water partition coefficient (Wildman–Crippen LogP) is 4.45. The second-order valence-electron chi connectivity index (χ2n) is 7.00. The van der Waals surface area contributed by atoms with E-state index in [1.165, 1.54) is 6.42 Å². The Morgan fingerprint density at radius 2 is 1.95 bits per heavy atom. The van der Waals surface area contributed by atoms with Crippen molar-refractivity contribution in [1.82, 2.24) is 0 Å². The van der Waals surface area contributed by atoms with E-state index in [1.807, 2.05) is 30.3 Å². The molecular weight excluding hydrogens is 250 g/mol. The number of para-hydroxylation sites is 1. The number of carbonyl (C=O) groups excluding carboxylic acids is 1. The van der Waals surface area contributed by atoms with Gasteiger partial charge in [0.25, 0.3) is 0 Å². The van der Waals surface area contributed by atoms with Gasteiger partial charge >= 0.3 is 6.09 Å². The molecule has 2 saturated carbocycles. The zero-order valence-corrected chi connectivity index (χ0v) is 12.5. The van der Waals surface area contributed by atoms with Gasteiger partial charge in [0.05, 0.1) is 0 Å². The van der Waals surface area contributed by atoms with Crippen LogP contribution in [0.3, 0.4) is 0 Å². The summed E-state index contributed by atoms with van der Waals surface area (Å²) in [6.45, 7) is 6.92. The lowest BCUT2D eigenvalue weighted by Gasteiger charge is -2.38. The van der Waals surface area contributed by atoms with Gasteiger partial charge in [0, 0.05) is 11.1 Å². The summed E-state index contributed by atoms with van der Waals surface area (Å²) in [5, 5.41) is 2.81. The van der Waals surface area contributed by atoms with Crippen molar-refractivity contribution in [2.45, 2.75) is 46.1 Å². The maximum absolute atomic E-state index is 12.1. The molecule has 1 amide bonds. The SMILES string of the molecule is CC1(C)[C@@H]2CC[C@]1(C)[C@H](OC(=O)Nc1ccccc1)C2. The first-order valence-electron chi connectivity index (χ1n) is 7.46. The Morgan fingerprint density at radius 1 is 1.25 bits per heavy atom. The lowest BCUT2D eigenvalue weighted by molar-refractivity contribution is 0.00148. The fraction of sp³-hybridized carbons (Fsp3) is 0.588. The number of ether oxygens (including phenoxy) is 1. The Bertz CT molecular complexity index is 511. The average molecular weight is 273 g/mol. The highest BCUT2D eigenvalue weighted by molar-refractivity contribution is 5.84. The number of hydrogen-bond acceptors (Lipinski definition) is 2. The number of carbonyl (C=O) groups is 1. The summed E-state index contributed by atoms with van der Waals surface area (Å²) >= 11 is 0. The third-order valence-electron chi connectivity index (χ3n) is 5.98. The van der Waals surface area contributed by atoms with Gasteiger partial charge in [-0.15, -0.1) is 0 Å². The molecule has 0 saturated heterocycles. The van der Waals surface area contributed by atoms with E-state index >= 15 is 0 Å². The molecule has 0 aliphatic heterocycles. The molecule has 3 atom stereocenters. The second kappa shape index (κ2) is 4.51. The maximum Gasteiger partial charge on any atom is 0.411 e. The second-order valence-corrected chi connectivity index (χ2v) is 7.00. The van der Waals surface area contributed by atoms with Gasteiger partial charge in [0.15, 0.2) is 0 Å². The zero-order valence-electron chi connectivity index (χ0n) is 12.5. The summed E-state index contributed by atoms with van der Waals surface area (Å²) < 4.78 is 5.74. The molecule has 108 valence electrons. The number of rotatable bonds is 2. The standard InChI is InChI=1S/C17H23NO2/c1-16(2)12-9-10-17(16,3)14(11-12)20-15(19)18-13-7-5-4-6-8-13/h4-8,12,14H,9-11H2,1-3H3,(H,18,19)/t12-,14-,17-/m1/s1. The molecule has 1 aromatic rings. The Balaban J connectivity index is 1.66. The van der Waals surface area contributed by atoms with Gasteiger partial charge in [-0.1, -0.05) is 39.0 Å². The quantitative estimate of drug-likeness (QED) is 0.864. The molecule has 0 spiro atoms. The van der Waals surface area contributed by atoms with Crippen molar-refractivity contribution < 1.29 is 9.53 Å². The lowest BCUT2D eigenvalue weighted by Crippen LogP contribution is -2.39. The molecule has 0 radical (unpaired) electrons. The van der Waals surface area contributed by atoms with E-state index in [-0.39, 0.29) is 23.0 Å². The highest BCUT2D eigenvalue weighted by Crippen LogP contribution is 2.66. The minimum absolute atomic E-state index is 0.0416. The van der Waals surface area contributed by atoms with E-state index in [1.54, 1.807) is 0 Å². The van der Waals surface area contributed by atoms with Gasteiger partial charge in [0.2, 0.25) is 0 Å². The molecule has 0 unspecified atom stereocenters. The molecule has 2 aliphatic rings. The minimum Gasteiger partial charge on any atom is -0.445 e. The van der Waals surface area contributed by atoms with Crippen LogP contribution >= 0.6 is 0 Å². The predicted molar refractivity (Wildman–Crippen MR) is 79.6 cm³/mol. The van der Waals surface area contributed by atoms with Gasteiger partial charge in [-0.25, -0.2) is 4.79 Å². The van der Waals surface area contributed by atoms with Crippen LogP contribution < -0.4 is 5.32 Å². The number of amides is 1. The van der Waals surface area contributed by atoms with E-state index in [9.17, 15) is 4.79 Å². The van der Waals surface area contributed by atoms with Crippen LogP contribution in [-0.4, -0.2) is 12.2 Å². The van der Waals surface area contributed by atoms with Crippen molar-refractivity contribution in [2.75, 3.05) is 5.32 Å². The van der Waals surface area contributed by atoms with Gasteiger partial charge in [-0.05, 0) is 42.7 Å². The lowest BCUT2D eigenvalue weighted by atomic mass is 9.70. The van der Waals surface area contributed by atoms with Crippen LogP contribution in [0.25, 0.3) is 0 Å². The average Bonchev–Trinajstić information content (AvgIpc) is 2.73. The molecule has 3 rings (SSSR count). The largest absolute Gasteiger partial charge is 0.445 e.